The molecule has 1 fully saturated rings. The highest BCUT2D eigenvalue weighted by atomic mass is 35.5. The molecule has 0 aliphatic carbocycles. The number of amides is 1. The molecule has 0 aromatic heterocycles. The van der Waals surface area contributed by atoms with E-state index in [4.69, 9.17) is 16.3 Å². The van der Waals surface area contributed by atoms with Crippen molar-refractivity contribution in [3.63, 3.8) is 0 Å². The summed E-state index contributed by atoms with van der Waals surface area (Å²) in [6, 6.07) is 4.59. The number of rotatable bonds is 3. The molecule has 1 aromatic rings. The van der Waals surface area contributed by atoms with Gasteiger partial charge in [-0.25, -0.2) is 0 Å². The fourth-order valence-corrected chi connectivity index (χ4v) is 2.42. The molecular formula is C14H18ClNO3. The molecule has 1 amide bonds. The standard InChI is InChI=1S/C14H18ClNO3/c1-2-11-7-9(5-6-19-11)14(18)16-12-8-10(15)3-4-13(12)17/h3-4,8-9,11,17H,2,5-7H2,1H3,(H,16,18)/t9-,11-/m1/s1. The Morgan fingerprint density at radius 1 is 1.58 bits per heavy atom. The molecule has 2 rings (SSSR count). The zero-order chi connectivity index (χ0) is 13.8. The van der Waals surface area contributed by atoms with E-state index in [2.05, 4.69) is 5.32 Å². The van der Waals surface area contributed by atoms with Crippen LogP contribution in [0.2, 0.25) is 5.02 Å². The van der Waals surface area contributed by atoms with E-state index in [9.17, 15) is 9.90 Å². The number of phenolic OH excluding ortho intramolecular Hbond substituents is 1. The number of carbonyl (C=O) groups is 1. The Hall–Kier alpha value is -1.26. The van der Waals surface area contributed by atoms with Crippen molar-refractivity contribution in [2.24, 2.45) is 5.92 Å². The molecular weight excluding hydrogens is 266 g/mol. The van der Waals surface area contributed by atoms with Gasteiger partial charge in [-0.1, -0.05) is 18.5 Å². The molecule has 0 unspecified atom stereocenters. The van der Waals surface area contributed by atoms with E-state index in [-0.39, 0.29) is 23.7 Å². The minimum atomic E-state index is -0.0840. The van der Waals surface area contributed by atoms with Gasteiger partial charge in [-0.3, -0.25) is 4.79 Å². The van der Waals surface area contributed by atoms with Crippen LogP contribution in [0.15, 0.2) is 18.2 Å². The summed E-state index contributed by atoms with van der Waals surface area (Å²) >= 11 is 5.85. The van der Waals surface area contributed by atoms with Gasteiger partial charge in [0.05, 0.1) is 11.8 Å². The normalized spacial score (nSPS) is 23.1. The highest BCUT2D eigenvalue weighted by molar-refractivity contribution is 6.31. The highest BCUT2D eigenvalue weighted by Gasteiger charge is 2.27. The van der Waals surface area contributed by atoms with Crippen LogP contribution in [0.4, 0.5) is 5.69 Å². The van der Waals surface area contributed by atoms with Gasteiger partial charge in [-0.05, 0) is 37.5 Å². The third-order valence-corrected chi connectivity index (χ3v) is 3.64. The lowest BCUT2D eigenvalue weighted by atomic mass is 9.93. The monoisotopic (exact) mass is 283 g/mol. The van der Waals surface area contributed by atoms with Crippen LogP contribution in [0.25, 0.3) is 0 Å². The Bertz CT molecular complexity index is 464. The van der Waals surface area contributed by atoms with Crippen LogP contribution in [-0.4, -0.2) is 23.7 Å². The molecule has 5 heteroatoms. The van der Waals surface area contributed by atoms with Crippen molar-refractivity contribution in [2.75, 3.05) is 11.9 Å². The molecule has 0 radical (unpaired) electrons. The maximum absolute atomic E-state index is 12.2. The number of halogens is 1. The number of aromatic hydroxyl groups is 1. The van der Waals surface area contributed by atoms with Crippen molar-refractivity contribution in [3.8, 4) is 5.75 Å². The first-order valence-electron chi connectivity index (χ1n) is 6.51. The summed E-state index contributed by atoms with van der Waals surface area (Å²) < 4.78 is 5.55. The summed E-state index contributed by atoms with van der Waals surface area (Å²) in [5.74, 6) is -0.131. The summed E-state index contributed by atoms with van der Waals surface area (Å²) in [5, 5.41) is 12.9. The smallest absolute Gasteiger partial charge is 0.227 e. The third kappa shape index (κ3) is 3.61. The minimum Gasteiger partial charge on any atom is -0.506 e. The second-order valence-corrected chi connectivity index (χ2v) is 5.21. The van der Waals surface area contributed by atoms with Gasteiger partial charge in [-0.15, -0.1) is 0 Å². The van der Waals surface area contributed by atoms with Crippen molar-refractivity contribution in [3.05, 3.63) is 23.2 Å². The molecule has 0 spiro atoms. The van der Waals surface area contributed by atoms with Crippen molar-refractivity contribution in [2.45, 2.75) is 32.3 Å². The summed E-state index contributed by atoms with van der Waals surface area (Å²) in [5.41, 5.74) is 0.358. The van der Waals surface area contributed by atoms with Crippen LogP contribution in [0, 0.1) is 5.92 Å². The fourth-order valence-electron chi connectivity index (χ4n) is 2.25. The van der Waals surface area contributed by atoms with E-state index in [0.29, 0.717) is 23.7 Å². The van der Waals surface area contributed by atoms with Crippen LogP contribution < -0.4 is 5.32 Å². The second-order valence-electron chi connectivity index (χ2n) is 4.77. The summed E-state index contributed by atoms with van der Waals surface area (Å²) in [6.07, 6.45) is 2.50. The fraction of sp³-hybridized carbons (Fsp3) is 0.500. The van der Waals surface area contributed by atoms with Crippen LogP contribution in [0.3, 0.4) is 0 Å². The molecule has 4 nitrogen and oxygen atoms in total. The van der Waals surface area contributed by atoms with Crippen LogP contribution >= 0.6 is 11.6 Å². The molecule has 104 valence electrons. The maximum atomic E-state index is 12.2. The van der Waals surface area contributed by atoms with E-state index in [1.54, 1.807) is 12.1 Å². The Balaban J connectivity index is 2.02. The Labute approximate surface area is 117 Å². The quantitative estimate of drug-likeness (QED) is 0.838. The lowest BCUT2D eigenvalue weighted by Crippen LogP contribution is -2.33. The van der Waals surface area contributed by atoms with Crippen molar-refractivity contribution >= 4 is 23.2 Å². The molecule has 2 atom stereocenters. The number of benzene rings is 1. The molecule has 0 bridgehead atoms. The SMILES string of the molecule is CC[C@@H]1C[C@H](C(=O)Nc2cc(Cl)ccc2O)CCO1. The van der Waals surface area contributed by atoms with Crippen molar-refractivity contribution in [1.82, 2.24) is 0 Å². The number of hydrogen-bond donors (Lipinski definition) is 2. The van der Waals surface area contributed by atoms with Gasteiger partial charge < -0.3 is 15.2 Å². The first kappa shape index (κ1) is 14.2. The van der Waals surface area contributed by atoms with E-state index >= 15 is 0 Å². The van der Waals surface area contributed by atoms with Gasteiger partial charge in [0.2, 0.25) is 5.91 Å². The predicted octanol–water partition coefficient (Wildman–Crippen LogP) is 3.19. The van der Waals surface area contributed by atoms with Gasteiger partial charge >= 0.3 is 0 Å². The lowest BCUT2D eigenvalue weighted by molar-refractivity contribution is -0.124. The number of nitrogens with one attached hydrogen (secondary N) is 1. The molecule has 1 aliphatic rings. The molecule has 1 aromatic carbocycles. The Kier molecular flexibility index (Phi) is 4.66. The maximum Gasteiger partial charge on any atom is 0.227 e. The van der Waals surface area contributed by atoms with Crippen LogP contribution in [-0.2, 0) is 9.53 Å². The zero-order valence-electron chi connectivity index (χ0n) is 10.9. The Morgan fingerprint density at radius 2 is 2.37 bits per heavy atom. The van der Waals surface area contributed by atoms with Gasteiger partial charge in [0.25, 0.3) is 0 Å². The molecule has 1 saturated heterocycles. The van der Waals surface area contributed by atoms with Crippen molar-refractivity contribution in [1.29, 1.82) is 0 Å². The zero-order valence-corrected chi connectivity index (χ0v) is 11.6. The van der Waals surface area contributed by atoms with Gasteiger partial charge in [-0.2, -0.15) is 0 Å². The number of carbonyl (C=O) groups excluding carboxylic acids is 1. The molecule has 1 aliphatic heterocycles. The molecule has 0 saturated carbocycles. The largest absolute Gasteiger partial charge is 0.506 e. The van der Waals surface area contributed by atoms with E-state index in [0.717, 1.165) is 12.8 Å². The topological polar surface area (TPSA) is 58.6 Å². The number of anilines is 1. The first-order chi connectivity index (χ1) is 9.10. The first-order valence-corrected chi connectivity index (χ1v) is 6.89. The molecule has 19 heavy (non-hydrogen) atoms. The van der Waals surface area contributed by atoms with Crippen molar-refractivity contribution < 1.29 is 14.6 Å². The second kappa shape index (κ2) is 6.26. The minimum absolute atomic E-state index is 0.0249. The average molecular weight is 284 g/mol. The van der Waals surface area contributed by atoms with Gasteiger partial charge in [0, 0.05) is 17.5 Å². The van der Waals surface area contributed by atoms with Crippen LogP contribution in [0.1, 0.15) is 26.2 Å². The predicted molar refractivity (Wildman–Crippen MR) is 74.5 cm³/mol. The van der Waals surface area contributed by atoms with Gasteiger partial charge in [0.15, 0.2) is 0 Å². The summed E-state index contributed by atoms with van der Waals surface area (Å²) in [6.45, 7) is 2.66. The summed E-state index contributed by atoms with van der Waals surface area (Å²) in [4.78, 5) is 12.2. The highest BCUT2D eigenvalue weighted by Crippen LogP contribution is 2.29. The van der Waals surface area contributed by atoms with Gasteiger partial charge in [0.1, 0.15) is 5.75 Å². The number of ether oxygens (including phenoxy) is 1. The number of phenols is 1. The third-order valence-electron chi connectivity index (χ3n) is 3.41. The van der Waals surface area contributed by atoms with Crippen LogP contribution in [0.5, 0.6) is 5.75 Å². The van der Waals surface area contributed by atoms with E-state index < -0.39 is 0 Å². The van der Waals surface area contributed by atoms with E-state index in [1.807, 2.05) is 6.92 Å². The summed E-state index contributed by atoms with van der Waals surface area (Å²) in [7, 11) is 0. The molecule has 2 N–H and O–H groups in total. The average Bonchev–Trinajstić information content (AvgIpc) is 2.43. The Morgan fingerprint density at radius 3 is 3.11 bits per heavy atom. The number of hydrogen-bond acceptors (Lipinski definition) is 3. The lowest BCUT2D eigenvalue weighted by Gasteiger charge is -2.28. The van der Waals surface area contributed by atoms with E-state index in [1.165, 1.54) is 6.07 Å². The molecule has 1 heterocycles.